The number of hydrogen-bond acceptors (Lipinski definition) is 7. The molecule has 0 aliphatic carbocycles. The van der Waals surface area contributed by atoms with E-state index < -0.39 is 0 Å². The number of morpholine rings is 1. The number of nitrogens with zero attached hydrogens (tertiary/aromatic N) is 4. The molecule has 0 unspecified atom stereocenters. The van der Waals surface area contributed by atoms with Gasteiger partial charge in [-0.05, 0) is 19.9 Å². The van der Waals surface area contributed by atoms with Crippen LogP contribution in [0.1, 0.15) is 29.6 Å². The normalized spacial score (nSPS) is 23.3. The summed E-state index contributed by atoms with van der Waals surface area (Å²) in [5.41, 5.74) is 0.453. The number of carbonyl (C=O) groups is 2. The number of aromatic nitrogens is 2. The molecule has 0 spiro atoms. The Morgan fingerprint density at radius 2 is 1.85 bits per heavy atom. The first-order valence-electron chi connectivity index (χ1n) is 9.44. The largest absolute Gasteiger partial charge is 0.378 e. The van der Waals surface area contributed by atoms with Gasteiger partial charge in [0.25, 0.3) is 5.91 Å². The molecule has 0 radical (unpaired) electrons. The molecule has 2 saturated heterocycles. The van der Waals surface area contributed by atoms with Crippen LogP contribution in [0.5, 0.6) is 0 Å². The quantitative estimate of drug-likeness (QED) is 0.699. The van der Waals surface area contributed by atoms with Crippen molar-refractivity contribution in [2.24, 2.45) is 0 Å². The van der Waals surface area contributed by atoms with Crippen molar-refractivity contribution in [1.82, 2.24) is 25.5 Å². The molecule has 148 valence electrons. The van der Waals surface area contributed by atoms with Gasteiger partial charge in [-0.2, -0.15) is 0 Å². The van der Waals surface area contributed by atoms with E-state index in [9.17, 15) is 9.59 Å². The van der Waals surface area contributed by atoms with E-state index in [4.69, 9.17) is 4.74 Å². The molecule has 0 aromatic carbocycles. The Morgan fingerprint density at radius 1 is 1.19 bits per heavy atom. The molecule has 2 N–H and O–H groups in total. The van der Waals surface area contributed by atoms with Crippen molar-refractivity contribution >= 4 is 17.8 Å². The first-order chi connectivity index (χ1) is 13.1. The minimum Gasteiger partial charge on any atom is -0.378 e. The highest BCUT2D eigenvalue weighted by molar-refractivity contribution is 5.93. The van der Waals surface area contributed by atoms with Crippen molar-refractivity contribution in [3.8, 4) is 0 Å². The molecule has 2 aliphatic rings. The lowest BCUT2D eigenvalue weighted by Crippen LogP contribution is -2.42. The molecule has 2 atom stereocenters. The molecule has 2 amide bonds. The third-order valence-corrected chi connectivity index (χ3v) is 5.38. The van der Waals surface area contributed by atoms with E-state index in [1.54, 1.807) is 19.4 Å². The number of carbonyl (C=O) groups excluding carboxylic acids is 2. The van der Waals surface area contributed by atoms with Crippen LogP contribution in [-0.4, -0.2) is 85.7 Å². The fourth-order valence-corrected chi connectivity index (χ4v) is 3.58. The Bertz CT molecular complexity index is 647. The molecule has 9 heteroatoms. The minimum absolute atomic E-state index is 0.0500. The van der Waals surface area contributed by atoms with Gasteiger partial charge in [0, 0.05) is 57.6 Å². The lowest BCUT2D eigenvalue weighted by Gasteiger charge is -2.26. The van der Waals surface area contributed by atoms with E-state index in [-0.39, 0.29) is 23.9 Å². The third kappa shape index (κ3) is 4.92. The Hall–Kier alpha value is -2.26. The zero-order valence-corrected chi connectivity index (χ0v) is 16.0. The van der Waals surface area contributed by atoms with Gasteiger partial charge in [0.05, 0.1) is 18.8 Å². The molecule has 3 rings (SSSR count). The minimum atomic E-state index is -0.174. The van der Waals surface area contributed by atoms with Gasteiger partial charge in [-0.15, -0.1) is 0 Å². The van der Waals surface area contributed by atoms with Crippen LogP contribution in [0.4, 0.5) is 5.95 Å². The fraction of sp³-hybridized carbons (Fsp3) is 0.667. The van der Waals surface area contributed by atoms with E-state index in [2.05, 4.69) is 25.5 Å². The Morgan fingerprint density at radius 3 is 2.52 bits per heavy atom. The third-order valence-electron chi connectivity index (χ3n) is 5.38. The molecule has 1 aromatic rings. The molecule has 2 aliphatic heterocycles. The SMILES string of the molecule is CNC(=O)C[C@H]1CC[C@@H](CNC(=O)c2cnc(N3CCOCC3)nc2)N1C. The predicted octanol–water partition coefficient (Wildman–Crippen LogP) is -0.358. The lowest BCUT2D eigenvalue weighted by molar-refractivity contribution is -0.121. The summed E-state index contributed by atoms with van der Waals surface area (Å²) in [5.74, 6) is 0.503. The van der Waals surface area contributed by atoms with Crippen molar-refractivity contribution in [2.45, 2.75) is 31.3 Å². The first kappa shape index (κ1) is 19.5. The summed E-state index contributed by atoms with van der Waals surface area (Å²) < 4.78 is 5.32. The maximum atomic E-state index is 12.4. The summed E-state index contributed by atoms with van der Waals surface area (Å²) in [7, 11) is 3.67. The van der Waals surface area contributed by atoms with Gasteiger partial charge in [0.2, 0.25) is 11.9 Å². The van der Waals surface area contributed by atoms with Crippen LogP contribution >= 0.6 is 0 Å². The topological polar surface area (TPSA) is 99.7 Å². The summed E-state index contributed by atoms with van der Waals surface area (Å²) in [6.45, 7) is 3.40. The summed E-state index contributed by atoms with van der Waals surface area (Å²) >= 11 is 0. The molecular formula is C18H28N6O3. The summed E-state index contributed by atoms with van der Waals surface area (Å²) in [6.07, 6.45) is 5.56. The van der Waals surface area contributed by atoms with E-state index in [1.165, 1.54) is 0 Å². The second-order valence-electron chi connectivity index (χ2n) is 7.01. The summed E-state index contributed by atoms with van der Waals surface area (Å²) in [4.78, 5) is 36.8. The van der Waals surface area contributed by atoms with E-state index in [0.717, 1.165) is 25.9 Å². The van der Waals surface area contributed by atoms with Gasteiger partial charge in [-0.25, -0.2) is 9.97 Å². The molecule has 1 aromatic heterocycles. The second kappa shape index (κ2) is 9.09. The van der Waals surface area contributed by atoms with Crippen LogP contribution in [0.3, 0.4) is 0 Å². The van der Waals surface area contributed by atoms with Gasteiger partial charge in [-0.1, -0.05) is 0 Å². The average Bonchev–Trinajstić information content (AvgIpc) is 3.06. The molecule has 27 heavy (non-hydrogen) atoms. The number of hydrogen-bond donors (Lipinski definition) is 2. The van der Waals surface area contributed by atoms with Gasteiger partial charge in [0.1, 0.15) is 0 Å². The van der Waals surface area contributed by atoms with Gasteiger partial charge >= 0.3 is 0 Å². The first-order valence-corrected chi connectivity index (χ1v) is 9.44. The maximum Gasteiger partial charge on any atom is 0.254 e. The van der Waals surface area contributed by atoms with Crippen molar-refractivity contribution in [2.75, 3.05) is 51.8 Å². The van der Waals surface area contributed by atoms with E-state index in [1.807, 2.05) is 11.9 Å². The number of ether oxygens (including phenoxy) is 1. The Kier molecular flexibility index (Phi) is 6.57. The van der Waals surface area contributed by atoms with Crippen LogP contribution < -0.4 is 15.5 Å². The number of rotatable bonds is 6. The summed E-state index contributed by atoms with van der Waals surface area (Å²) in [5, 5.41) is 5.63. The smallest absolute Gasteiger partial charge is 0.254 e. The van der Waals surface area contributed by atoms with Crippen molar-refractivity contribution in [3.63, 3.8) is 0 Å². The lowest BCUT2D eigenvalue weighted by atomic mass is 10.1. The Balaban J connectivity index is 1.48. The number of likely N-dealkylation sites (N-methyl/N-ethyl adjacent to an activating group) is 1. The van der Waals surface area contributed by atoms with Gasteiger partial charge in [0.15, 0.2) is 0 Å². The van der Waals surface area contributed by atoms with E-state index in [0.29, 0.717) is 37.7 Å². The highest BCUT2D eigenvalue weighted by atomic mass is 16.5. The van der Waals surface area contributed by atoms with Crippen LogP contribution in [0.25, 0.3) is 0 Å². The maximum absolute atomic E-state index is 12.4. The van der Waals surface area contributed by atoms with Gasteiger partial charge in [-0.3, -0.25) is 14.5 Å². The van der Waals surface area contributed by atoms with Gasteiger partial charge < -0.3 is 20.3 Å². The number of anilines is 1. The van der Waals surface area contributed by atoms with Crippen LogP contribution in [0.15, 0.2) is 12.4 Å². The van der Waals surface area contributed by atoms with Crippen molar-refractivity contribution in [1.29, 1.82) is 0 Å². The Labute approximate surface area is 159 Å². The highest BCUT2D eigenvalue weighted by Crippen LogP contribution is 2.24. The summed E-state index contributed by atoms with van der Waals surface area (Å²) in [6, 6.07) is 0.458. The van der Waals surface area contributed by atoms with Crippen molar-refractivity contribution < 1.29 is 14.3 Å². The fourth-order valence-electron chi connectivity index (χ4n) is 3.58. The molecule has 9 nitrogen and oxygen atoms in total. The second-order valence-corrected chi connectivity index (χ2v) is 7.01. The zero-order valence-electron chi connectivity index (χ0n) is 16.0. The molecule has 0 bridgehead atoms. The van der Waals surface area contributed by atoms with Crippen LogP contribution in [0.2, 0.25) is 0 Å². The highest BCUT2D eigenvalue weighted by Gasteiger charge is 2.31. The number of amides is 2. The standard InChI is InChI=1S/C18H28N6O3/c1-19-16(25)9-14-3-4-15(23(14)2)12-20-17(26)13-10-21-18(22-11-13)24-5-7-27-8-6-24/h10-11,14-15H,3-9,12H2,1-2H3,(H,19,25)(H,20,26)/t14-,15+/m1/s1. The van der Waals surface area contributed by atoms with Crippen LogP contribution in [0, 0.1) is 0 Å². The number of nitrogens with one attached hydrogen (secondary N) is 2. The monoisotopic (exact) mass is 376 g/mol. The zero-order chi connectivity index (χ0) is 19.2. The molecule has 2 fully saturated rings. The van der Waals surface area contributed by atoms with E-state index >= 15 is 0 Å². The number of likely N-dealkylation sites (tertiary alicyclic amines) is 1. The van der Waals surface area contributed by atoms with Crippen LogP contribution in [-0.2, 0) is 9.53 Å². The molecular weight excluding hydrogens is 348 g/mol. The average molecular weight is 376 g/mol. The molecule has 0 saturated carbocycles. The predicted molar refractivity (Wildman–Crippen MR) is 101 cm³/mol. The van der Waals surface area contributed by atoms with Crippen molar-refractivity contribution in [3.05, 3.63) is 18.0 Å². The molecule has 3 heterocycles.